The van der Waals surface area contributed by atoms with Gasteiger partial charge in [0.25, 0.3) is 0 Å². The molecule has 0 unspecified atom stereocenters. The number of amides is 1. The van der Waals surface area contributed by atoms with Gasteiger partial charge in [-0.25, -0.2) is 4.79 Å². The molecule has 1 aromatic carbocycles. The van der Waals surface area contributed by atoms with Gasteiger partial charge >= 0.3 is 6.09 Å². The minimum Gasteiger partial charge on any atom is -0.410 e. The standard InChI is InChI=1S/C17H26N2O2/c1-3-13-18-14-9-11-15(12-10-14)19(2)17(20)21-16-7-5-4-6-8-16/h4-8,14-15,18H,3,9-13H2,1-2H3. The highest BCUT2D eigenvalue weighted by molar-refractivity contribution is 5.70. The van der Waals surface area contributed by atoms with Crippen LogP contribution >= 0.6 is 0 Å². The molecule has 0 bridgehead atoms. The van der Waals surface area contributed by atoms with Gasteiger partial charge in [0.2, 0.25) is 0 Å². The second-order valence-electron chi connectivity index (χ2n) is 5.75. The SMILES string of the molecule is CCCNC1CCC(N(C)C(=O)Oc2ccccc2)CC1. The molecule has 1 aliphatic carbocycles. The van der Waals surface area contributed by atoms with E-state index in [0.29, 0.717) is 17.8 Å². The molecular formula is C17H26N2O2. The molecule has 1 aliphatic rings. The molecule has 0 aromatic heterocycles. The Labute approximate surface area is 127 Å². The Kier molecular flexibility index (Phi) is 6.05. The van der Waals surface area contributed by atoms with Gasteiger partial charge in [-0.1, -0.05) is 25.1 Å². The smallest absolute Gasteiger partial charge is 0.410 e. The van der Waals surface area contributed by atoms with Crippen molar-refractivity contribution >= 4 is 6.09 Å². The second kappa shape index (κ2) is 8.03. The maximum Gasteiger partial charge on any atom is 0.415 e. The predicted octanol–water partition coefficient (Wildman–Crippen LogP) is 3.43. The Morgan fingerprint density at radius 2 is 1.90 bits per heavy atom. The van der Waals surface area contributed by atoms with Crippen LogP contribution in [0.25, 0.3) is 0 Å². The third kappa shape index (κ3) is 4.74. The number of para-hydroxylation sites is 1. The zero-order valence-corrected chi connectivity index (χ0v) is 13.0. The molecule has 0 aliphatic heterocycles. The molecule has 4 heteroatoms. The van der Waals surface area contributed by atoms with E-state index in [9.17, 15) is 4.79 Å². The lowest BCUT2D eigenvalue weighted by atomic mass is 9.90. The van der Waals surface area contributed by atoms with Gasteiger partial charge in [-0.05, 0) is 50.8 Å². The third-order valence-corrected chi connectivity index (χ3v) is 4.16. The second-order valence-corrected chi connectivity index (χ2v) is 5.75. The van der Waals surface area contributed by atoms with Crippen molar-refractivity contribution in [3.05, 3.63) is 30.3 Å². The molecule has 1 aromatic rings. The molecule has 21 heavy (non-hydrogen) atoms. The topological polar surface area (TPSA) is 41.6 Å². The summed E-state index contributed by atoms with van der Waals surface area (Å²) in [5, 5.41) is 3.57. The molecule has 116 valence electrons. The number of nitrogens with zero attached hydrogens (tertiary/aromatic N) is 1. The van der Waals surface area contributed by atoms with Crippen molar-refractivity contribution in [2.24, 2.45) is 0 Å². The van der Waals surface area contributed by atoms with Crippen LogP contribution in [0.2, 0.25) is 0 Å². The van der Waals surface area contributed by atoms with E-state index in [1.54, 1.807) is 17.0 Å². The fourth-order valence-electron chi connectivity index (χ4n) is 2.83. The summed E-state index contributed by atoms with van der Waals surface area (Å²) in [6.07, 6.45) is 5.26. The number of hydrogen-bond acceptors (Lipinski definition) is 3. The molecule has 0 saturated heterocycles. The molecular weight excluding hydrogens is 264 g/mol. The van der Waals surface area contributed by atoms with Gasteiger partial charge in [0.05, 0.1) is 0 Å². The van der Waals surface area contributed by atoms with Crippen molar-refractivity contribution < 1.29 is 9.53 Å². The number of nitrogens with one attached hydrogen (secondary N) is 1. The van der Waals surface area contributed by atoms with Crippen molar-refractivity contribution in [3.63, 3.8) is 0 Å². The zero-order valence-electron chi connectivity index (χ0n) is 13.0. The quantitative estimate of drug-likeness (QED) is 0.903. The van der Waals surface area contributed by atoms with Crippen LogP contribution in [0.3, 0.4) is 0 Å². The van der Waals surface area contributed by atoms with Crippen LogP contribution in [-0.4, -0.2) is 36.7 Å². The van der Waals surface area contributed by atoms with E-state index in [4.69, 9.17) is 4.74 Å². The van der Waals surface area contributed by atoms with Gasteiger partial charge in [-0.3, -0.25) is 0 Å². The lowest BCUT2D eigenvalue weighted by Crippen LogP contribution is -2.44. The summed E-state index contributed by atoms with van der Waals surface area (Å²) in [4.78, 5) is 13.9. The third-order valence-electron chi connectivity index (χ3n) is 4.16. The Morgan fingerprint density at radius 1 is 1.24 bits per heavy atom. The highest BCUT2D eigenvalue weighted by Gasteiger charge is 2.27. The van der Waals surface area contributed by atoms with Crippen molar-refractivity contribution in [3.8, 4) is 5.75 Å². The van der Waals surface area contributed by atoms with Crippen LogP contribution in [0.1, 0.15) is 39.0 Å². The summed E-state index contributed by atoms with van der Waals surface area (Å²) in [5.41, 5.74) is 0. The Hall–Kier alpha value is -1.55. The van der Waals surface area contributed by atoms with Crippen LogP contribution in [0.15, 0.2) is 30.3 Å². The average Bonchev–Trinajstić information content (AvgIpc) is 2.53. The largest absolute Gasteiger partial charge is 0.415 e. The summed E-state index contributed by atoms with van der Waals surface area (Å²) in [6, 6.07) is 10.2. The first-order valence-electron chi connectivity index (χ1n) is 7.93. The van der Waals surface area contributed by atoms with Gasteiger partial charge in [-0.15, -0.1) is 0 Å². The molecule has 4 nitrogen and oxygen atoms in total. The molecule has 2 rings (SSSR count). The first kappa shape index (κ1) is 15.8. The number of carbonyl (C=O) groups excluding carboxylic acids is 1. The number of ether oxygens (including phenoxy) is 1. The monoisotopic (exact) mass is 290 g/mol. The normalized spacial score (nSPS) is 21.8. The van der Waals surface area contributed by atoms with E-state index in [1.165, 1.54) is 6.42 Å². The van der Waals surface area contributed by atoms with E-state index in [0.717, 1.165) is 32.2 Å². The van der Waals surface area contributed by atoms with Crippen LogP contribution in [0.5, 0.6) is 5.75 Å². The summed E-state index contributed by atoms with van der Waals surface area (Å²) < 4.78 is 5.39. The van der Waals surface area contributed by atoms with Gasteiger partial charge in [0.1, 0.15) is 5.75 Å². The predicted molar refractivity (Wildman–Crippen MR) is 84.6 cm³/mol. The van der Waals surface area contributed by atoms with Crippen LogP contribution < -0.4 is 10.1 Å². The fourth-order valence-corrected chi connectivity index (χ4v) is 2.83. The highest BCUT2D eigenvalue weighted by atomic mass is 16.6. The van der Waals surface area contributed by atoms with Gasteiger partial charge in [-0.2, -0.15) is 0 Å². The minimum absolute atomic E-state index is 0.258. The molecule has 1 fully saturated rings. The molecule has 0 spiro atoms. The number of carbonyl (C=O) groups is 1. The summed E-state index contributed by atoms with van der Waals surface area (Å²) in [7, 11) is 1.84. The number of hydrogen-bond donors (Lipinski definition) is 1. The fraction of sp³-hybridized carbons (Fsp3) is 0.588. The Bertz CT molecular complexity index is 428. The summed E-state index contributed by atoms with van der Waals surface area (Å²) in [6.45, 7) is 3.27. The summed E-state index contributed by atoms with van der Waals surface area (Å²) >= 11 is 0. The molecule has 1 saturated carbocycles. The highest BCUT2D eigenvalue weighted by Crippen LogP contribution is 2.23. The lowest BCUT2D eigenvalue weighted by Gasteiger charge is -2.34. The maximum absolute atomic E-state index is 12.2. The average molecular weight is 290 g/mol. The molecule has 0 heterocycles. The Balaban J connectivity index is 1.78. The first-order valence-corrected chi connectivity index (χ1v) is 7.93. The molecule has 0 atom stereocenters. The van der Waals surface area contributed by atoms with Crippen molar-refractivity contribution in [1.29, 1.82) is 0 Å². The van der Waals surface area contributed by atoms with Crippen LogP contribution in [0.4, 0.5) is 4.79 Å². The Morgan fingerprint density at radius 3 is 2.52 bits per heavy atom. The zero-order chi connectivity index (χ0) is 15.1. The van der Waals surface area contributed by atoms with Crippen molar-refractivity contribution in [2.45, 2.75) is 51.1 Å². The lowest BCUT2D eigenvalue weighted by molar-refractivity contribution is 0.128. The molecule has 0 radical (unpaired) electrons. The van der Waals surface area contributed by atoms with E-state index < -0.39 is 0 Å². The van der Waals surface area contributed by atoms with Crippen LogP contribution in [0, 0.1) is 0 Å². The molecule has 1 amide bonds. The van der Waals surface area contributed by atoms with E-state index in [-0.39, 0.29) is 6.09 Å². The van der Waals surface area contributed by atoms with E-state index in [1.807, 2.05) is 25.2 Å². The van der Waals surface area contributed by atoms with E-state index in [2.05, 4.69) is 12.2 Å². The summed E-state index contributed by atoms with van der Waals surface area (Å²) in [5.74, 6) is 0.604. The van der Waals surface area contributed by atoms with Gasteiger partial charge in [0, 0.05) is 19.1 Å². The van der Waals surface area contributed by atoms with Crippen LogP contribution in [-0.2, 0) is 0 Å². The van der Waals surface area contributed by atoms with Gasteiger partial charge in [0.15, 0.2) is 0 Å². The van der Waals surface area contributed by atoms with Crippen molar-refractivity contribution in [1.82, 2.24) is 10.2 Å². The maximum atomic E-state index is 12.2. The minimum atomic E-state index is -0.258. The molecule has 1 N–H and O–H groups in total. The number of benzene rings is 1. The van der Waals surface area contributed by atoms with Gasteiger partial charge < -0.3 is 15.0 Å². The van der Waals surface area contributed by atoms with Crippen molar-refractivity contribution in [2.75, 3.05) is 13.6 Å². The number of rotatable bonds is 5. The van der Waals surface area contributed by atoms with E-state index >= 15 is 0 Å². The first-order chi connectivity index (χ1) is 10.2.